The van der Waals surface area contributed by atoms with Crippen molar-refractivity contribution < 1.29 is 14.3 Å². The highest BCUT2D eigenvalue weighted by molar-refractivity contribution is 7.09. The van der Waals surface area contributed by atoms with Gasteiger partial charge in [0.1, 0.15) is 28.8 Å². The van der Waals surface area contributed by atoms with Crippen LogP contribution in [0, 0.1) is 0 Å². The molecule has 0 unspecified atom stereocenters. The standard InChI is InChI=1S/C15H18N2O3S/c1-10(2)16-15(18)13-9-21-14(17-13)8-20-12-6-4-11(19-3)5-7-12/h4-7,9-10H,8H2,1-3H3,(H,16,18). The first-order valence-corrected chi connectivity index (χ1v) is 7.48. The highest BCUT2D eigenvalue weighted by Crippen LogP contribution is 2.19. The smallest absolute Gasteiger partial charge is 0.270 e. The molecule has 0 atom stereocenters. The van der Waals surface area contributed by atoms with Crippen LogP contribution in [-0.2, 0) is 6.61 Å². The van der Waals surface area contributed by atoms with Gasteiger partial charge in [0.15, 0.2) is 0 Å². The van der Waals surface area contributed by atoms with Gasteiger partial charge < -0.3 is 14.8 Å². The molecule has 6 heteroatoms. The number of carbonyl (C=O) groups excluding carboxylic acids is 1. The minimum atomic E-state index is -0.156. The van der Waals surface area contributed by atoms with Crippen LogP contribution in [0.5, 0.6) is 11.5 Å². The summed E-state index contributed by atoms with van der Waals surface area (Å²) in [6.45, 7) is 4.17. The molecule has 1 aromatic heterocycles. The number of nitrogens with zero attached hydrogens (tertiary/aromatic N) is 1. The van der Waals surface area contributed by atoms with Gasteiger partial charge in [-0.2, -0.15) is 0 Å². The van der Waals surface area contributed by atoms with Crippen LogP contribution in [-0.4, -0.2) is 24.0 Å². The van der Waals surface area contributed by atoms with Gasteiger partial charge in [0.2, 0.25) is 0 Å². The number of hydrogen-bond donors (Lipinski definition) is 1. The predicted octanol–water partition coefficient (Wildman–Crippen LogP) is 2.87. The van der Waals surface area contributed by atoms with E-state index in [4.69, 9.17) is 9.47 Å². The fourth-order valence-electron chi connectivity index (χ4n) is 1.63. The summed E-state index contributed by atoms with van der Waals surface area (Å²) in [5, 5.41) is 5.31. The average Bonchev–Trinajstić information content (AvgIpc) is 2.94. The molecule has 0 aliphatic rings. The zero-order chi connectivity index (χ0) is 15.2. The van der Waals surface area contributed by atoms with Crippen molar-refractivity contribution in [2.75, 3.05) is 7.11 Å². The lowest BCUT2D eigenvalue weighted by atomic mass is 10.3. The summed E-state index contributed by atoms with van der Waals surface area (Å²) in [6.07, 6.45) is 0. The van der Waals surface area contributed by atoms with Gasteiger partial charge >= 0.3 is 0 Å². The van der Waals surface area contributed by atoms with Gasteiger partial charge in [0.25, 0.3) is 5.91 Å². The van der Waals surface area contributed by atoms with Crippen LogP contribution in [0.25, 0.3) is 0 Å². The number of rotatable bonds is 6. The number of methoxy groups -OCH3 is 1. The monoisotopic (exact) mass is 306 g/mol. The Morgan fingerprint density at radius 1 is 1.29 bits per heavy atom. The van der Waals surface area contributed by atoms with Gasteiger partial charge in [-0.05, 0) is 38.1 Å². The third-order valence-electron chi connectivity index (χ3n) is 2.63. The van der Waals surface area contributed by atoms with Crippen LogP contribution in [0.1, 0.15) is 29.3 Å². The van der Waals surface area contributed by atoms with Gasteiger partial charge in [0, 0.05) is 11.4 Å². The van der Waals surface area contributed by atoms with E-state index in [1.165, 1.54) is 11.3 Å². The Morgan fingerprint density at radius 3 is 2.57 bits per heavy atom. The first kappa shape index (κ1) is 15.3. The van der Waals surface area contributed by atoms with E-state index in [1.807, 2.05) is 38.1 Å². The lowest BCUT2D eigenvalue weighted by Crippen LogP contribution is -2.30. The Balaban J connectivity index is 1.91. The van der Waals surface area contributed by atoms with Gasteiger partial charge in [-0.1, -0.05) is 0 Å². The second-order valence-electron chi connectivity index (χ2n) is 4.72. The van der Waals surface area contributed by atoms with E-state index >= 15 is 0 Å². The summed E-state index contributed by atoms with van der Waals surface area (Å²) >= 11 is 1.41. The third kappa shape index (κ3) is 4.46. The topological polar surface area (TPSA) is 60.5 Å². The SMILES string of the molecule is COc1ccc(OCc2nc(C(=O)NC(C)C)cs2)cc1. The third-order valence-corrected chi connectivity index (χ3v) is 3.45. The number of hydrogen-bond acceptors (Lipinski definition) is 5. The molecule has 0 saturated carbocycles. The molecule has 0 radical (unpaired) electrons. The second-order valence-corrected chi connectivity index (χ2v) is 5.66. The maximum atomic E-state index is 11.8. The predicted molar refractivity (Wildman–Crippen MR) is 82.0 cm³/mol. The van der Waals surface area contributed by atoms with Crippen molar-refractivity contribution in [3.8, 4) is 11.5 Å². The molecule has 0 fully saturated rings. The lowest BCUT2D eigenvalue weighted by molar-refractivity contribution is 0.0938. The number of aromatic nitrogens is 1. The molecule has 0 saturated heterocycles. The Labute approximate surface area is 127 Å². The Kier molecular flexibility index (Phi) is 5.16. The van der Waals surface area contributed by atoms with Gasteiger partial charge in [-0.25, -0.2) is 4.98 Å². The molecule has 112 valence electrons. The summed E-state index contributed by atoms with van der Waals surface area (Å²) in [5.41, 5.74) is 0.432. The molecule has 5 nitrogen and oxygen atoms in total. The maximum absolute atomic E-state index is 11.8. The van der Waals surface area contributed by atoms with E-state index in [-0.39, 0.29) is 11.9 Å². The van der Waals surface area contributed by atoms with Crippen LogP contribution in [0.2, 0.25) is 0 Å². The number of nitrogens with one attached hydrogen (secondary N) is 1. The average molecular weight is 306 g/mol. The molecular weight excluding hydrogens is 288 g/mol. The Bertz CT molecular complexity index is 593. The summed E-state index contributed by atoms with van der Waals surface area (Å²) in [4.78, 5) is 16.1. The highest BCUT2D eigenvalue weighted by atomic mass is 32.1. The zero-order valence-electron chi connectivity index (χ0n) is 12.3. The minimum absolute atomic E-state index is 0.0956. The van der Waals surface area contributed by atoms with Crippen molar-refractivity contribution in [1.29, 1.82) is 0 Å². The van der Waals surface area contributed by atoms with Crippen LogP contribution < -0.4 is 14.8 Å². The van der Waals surface area contributed by atoms with Gasteiger partial charge in [-0.3, -0.25) is 4.79 Å². The number of ether oxygens (including phenoxy) is 2. The van der Waals surface area contributed by atoms with Crippen molar-refractivity contribution in [1.82, 2.24) is 10.3 Å². The van der Waals surface area contributed by atoms with E-state index in [0.717, 1.165) is 16.5 Å². The summed E-state index contributed by atoms with van der Waals surface area (Å²) in [5.74, 6) is 1.36. The molecule has 0 aliphatic heterocycles. The fraction of sp³-hybridized carbons (Fsp3) is 0.333. The molecule has 1 heterocycles. The minimum Gasteiger partial charge on any atom is -0.497 e. The normalized spacial score (nSPS) is 10.5. The molecule has 0 aliphatic carbocycles. The Morgan fingerprint density at radius 2 is 1.95 bits per heavy atom. The van der Waals surface area contributed by atoms with E-state index in [0.29, 0.717) is 12.3 Å². The van der Waals surface area contributed by atoms with Crippen molar-refractivity contribution in [2.24, 2.45) is 0 Å². The molecule has 1 N–H and O–H groups in total. The molecule has 1 aromatic carbocycles. The quantitative estimate of drug-likeness (QED) is 0.891. The molecule has 0 spiro atoms. The van der Waals surface area contributed by atoms with Crippen molar-refractivity contribution in [3.63, 3.8) is 0 Å². The second kappa shape index (κ2) is 7.08. The van der Waals surface area contributed by atoms with E-state index in [9.17, 15) is 4.79 Å². The Hall–Kier alpha value is -2.08. The molecular formula is C15H18N2O3S. The zero-order valence-corrected chi connectivity index (χ0v) is 13.1. The first-order valence-electron chi connectivity index (χ1n) is 6.60. The number of benzene rings is 1. The van der Waals surface area contributed by atoms with Crippen LogP contribution in [0.4, 0.5) is 0 Å². The maximum Gasteiger partial charge on any atom is 0.270 e. The number of amides is 1. The van der Waals surface area contributed by atoms with Gasteiger partial charge in [0.05, 0.1) is 7.11 Å². The summed E-state index contributed by atoms with van der Waals surface area (Å²) in [7, 11) is 1.62. The summed E-state index contributed by atoms with van der Waals surface area (Å²) < 4.78 is 10.7. The molecule has 0 bridgehead atoms. The van der Waals surface area contributed by atoms with Gasteiger partial charge in [-0.15, -0.1) is 11.3 Å². The van der Waals surface area contributed by atoms with Crippen molar-refractivity contribution >= 4 is 17.2 Å². The fourth-order valence-corrected chi connectivity index (χ4v) is 2.32. The van der Waals surface area contributed by atoms with E-state index < -0.39 is 0 Å². The largest absolute Gasteiger partial charge is 0.497 e. The lowest BCUT2D eigenvalue weighted by Gasteiger charge is -2.06. The van der Waals surface area contributed by atoms with E-state index in [1.54, 1.807) is 12.5 Å². The molecule has 21 heavy (non-hydrogen) atoms. The van der Waals surface area contributed by atoms with Crippen LogP contribution in [0.3, 0.4) is 0 Å². The highest BCUT2D eigenvalue weighted by Gasteiger charge is 2.11. The molecule has 1 amide bonds. The van der Waals surface area contributed by atoms with Crippen molar-refractivity contribution in [2.45, 2.75) is 26.5 Å². The molecule has 2 aromatic rings. The van der Waals surface area contributed by atoms with Crippen LogP contribution in [0.15, 0.2) is 29.6 Å². The number of carbonyl (C=O) groups is 1. The van der Waals surface area contributed by atoms with Crippen LogP contribution >= 0.6 is 11.3 Å². The molecule has 2 rings (SSSR count). The number of thiazole rings is 1. The van der Waals surface area contributed by atoms with E-state index in [2.05, 4.69) is 10.3 Å². The first-order chi connectivity index (χ1) is 10.1. The summed E-state index contributed by atoms with van der Waals surface area (Å²) in [6, 6.07) is 7.42. The van der Waals surface area contributed by atoms with Crippen molar-refractivity contribution in [3.05, 3.63) is 40.3 Å².